The number of halogens is 2. The van der Waals surface area contributed by atoms with E-state index in [9.17, 15) is 8.78 Å². The molecule has 0 amide bonds. The number of ether oxygens (including phenoxy) is 1. The summed E-state index contributed by atoms with van der Waals surface area (Å²) in [5.74, 6) is -1.27. The van der Waals surface area contributed by atoms with Crippen LogP contribution in [0.3, 0.4) is 0 Å². The van der Waals surface area contributed by atoms with Crippen LogP contribution in [-0.2, 0) is 25.3 Å². The van der Waals surface area contributed by atoms with Gasteiger partial charge in [-0.3, -0.25) is 0 Å². The van der Waals surface area contributed by atoms with Gasteiger partial charge in [-0.25, -0.2) is 13.8 Å². The number of aromatic nitrogens is 2. The molecule has 0 unspecified atom stereocenters. The third kappa shape index (κ3) is 4.63. The zero-order valence-corrected chi connectivity index (χ0v) is 17.6. The molecule has 0 aliphatic rings. The molecule has 0 atom stereocenters. The van der Waals surface area contributed by atoms with Gasteiger partial charge in [0.25, 0.3) is 5.92 Å². The van der Waals surface area contributed by atoms with Crippen molar-refractivity contribution in [3.8, 4) is 5.75 Å². The Labute approximate surface area is 182 Å². The maximum Gasteiger partial charge on any atom is 0.270 e. The summed E-state index contributed by atoms with van der Waals surface area (Å²) >= 11 is 0. The van der Waals surface area contributed by atoms with Crippen LogP contribution in [0.25, 0.3) is 11.0 Å². The van der Waals surface area contributed by atoms with E-state index in [1.807, 2.05) is 47.0 Å². The van der Waals surface area contributed by atoms with Crippen LogP contribution < -0.4 is 10.2 Å². The number of hydrogen-bond donors (Lipinski definition) is 0. The summed E-state index contributed by atoms with van der Waals surface area (Å²) in [4.78, 5) is 4.78. The van der Waals surface area contributed by atoms with Crippen molar-refractivity contribution in [3.63, 3.8) is 0 Å². The lowest BCUT2D eigenvalue weighted by Gasteiger charge is -2.17. The number of methoxy groups -OCH3 is 1. The SMILES string of the molecule is [B]c1ccc2c(c1)nc(CCc1ccc(OC)cc1)n2Cc1ccccc1C(C)(F)F. The minimum atomic E-state index is -2.92. The fourth-order valence-corrected chi connectivity index (χ4v) is 3.87. The van der Waals surface area contributed by atoms with Gasteiger partial charge in [0, 0.05) is 25.5 Å². The highest BCUT2D eigenvalue weighted by molar-refractivity contribution is 6.33. The Hall–Kier alpha value is -3.15. The summed E-state index contributed by atoms with van der Waals surface area (Å²) in [6.45, 7) is 1.25. The second kappa shape index (κ2) is 8.54. The Morgan fingerprint density at radius 2 is 1.74 bits per heavy atom. The molecule has 31 heavy (non-hydrogen) atoms. The molecular weight excluding hydrogens is 393 g/mol. The van der Waals surface area contributed by atoms with E-state index in [2.05, 4.69) is 0 Å². The van der Waals surface area contributed by atoms with E-state index < -0.39 is 5.92 Å². The van der Waals surface area contributed by atoms with Gasteiger partial charge in [0.1, 0.15) is 19.4 Å². The van der Waals surface area contributed by atoms with Crippen molar-refractivity contribution in [1.29, 1.82) is 0 Å². The Morgan fingerprint density at radius 1 is 1.00 bits per heavy atom. The van der Waals surface area contributed by atoms with Gasteiger partial charge in [0.05, 0.1) is 18.1 Å². The van der Waals surface area contributed by atoms with Crippen LogP contribution in [0.2, 0.25) is 0 Å². The molecule has 2 radical (unpaired) electrons. The monoisotopic (exact) mass is 416 g/mol. The number of fused-ring (bicyclic) bond motifs is 1. The van der Waals surface area contributed by atoms with Crippen LogP contribution in [0.5, 0.6) is 5.75 Å². The Morgan fingerprint density at radius 3 is 2.45 bits per heavy atom. The Balaban J connectivity index is 1.70. The number of aryl methyl sites for hydroxylation is 2. The van der Waals surface area contributed by atoms with Gasteiger partial charge in [-0.15, -0.1) is 0 Å². The molecule has 0 saturated carbocycles. The van der Waals surface area contributed by atoms with Crippen molar-refractivity contribution < 1.29 is 13.5 Å². The predicted octanol–water partition coefficient (Wildman–Crippen LogP) is 4.78. The molecule has 0 bridgehead atoms. The van der Waals surface area contributed by atoms with Crippen molar-refractivity contribution in [2.24, 2.45) is 0 Å². The molecule has 0 aliphatic carbocycles. The average Bonchev–Trinajstić information content (AvgIpc) is 3.08. The molecule has 6 heteroatoms. The lowest BCUT2D eigenvalue weighted by molar-refractivity contribution is 0.0164. The van der Waals surface area contributed by atoms with Gasteiger partial charge < -0.3 is 9.30 Å². The highest BCUT2D eigenvalue weighted by Crippen LogP contribution is 2.31. The third-order valence-corrected chi connectivity index (χ3v) is 5.47. The van der Waals surface area contributed by atoms with Crippen molar-refractivity contribution >= 4 is 24.3 Å². The number of alkyl halides is 2. The third-order valence-electron chi connectivity index (χ3n) is 5.47. The highest BCUT2D eigenvalue weighted by atomic mass is 19.3. The van der Waals surface area contributed by atoms with Crippen molar-refractivity contribution in [2.75, 3.05) is 7.11 Å². The van der Waals surface area contributed by atoms with Crippen molar-refractivity contribution in [1.82, 2.24) is 9.55 Å². The fourth-order valence-electron chi connectivity index (χ4n) is 3.87. The number of benzene rings is 3. The van der Waals surface area contributed by atoms with Gasteiger partial charge >= 0.3 is 0 Å². The first-order valence-electron chi connectivity index (χ1n) is 10.2. The van der Waals surface area contributed by atoms with Crippen LogP contribution in [0, 0.1) is 0 Å². The average molecular weight is 416 g/mol. The highest BCUT2D eigenvalue weighted by Gasteiger charge is 2.27. The molecule has 0 fully saturated rings. The maximum atomic E-state index is 14.2. The Kier molecular flexibility index (Phi) is 5.81. The summed E-state index contributed by atoms with van der Waals surface area (Å²) in [5, 5.41) is 0. The quantitative estimate of drug-likeness (QED) is 0.406. The number of nitrogens with zero attached hydrogens (tertiary/aromatic N) is 2. The first-order chi connectivity index (χ1) is 14.8. The molecule has 0 N–H and O–H groups in total. The molecule has 4 rings (SSSR count). The van der Waals surface area contributed by atoms with Crippen LogP contribution >= 0.6 is 0 Å². The van der Waals surface area contributed by atoms with E-state index in [4.69, 9.17) is 17.6 Å². The first kappa shape index (κ1) is 21.1. The molecule has 3 nitrogen and oxygen atoms in total. The van der Waals surface area contributed by atoms with Crippen LogP contribution in [0.1, 0.15) is 29.4 Å². The molecule has 0 saturated heterocycles. The largest absolute Gasteiger partial charge is 0.497 e. The number of hydrogen-bond acceptors (Lipinski definition) is 2. The maximum absolute atomic E-state index is 14.2. The van der Waals surface area contributed by atoms with Gasteiger partial charge in [0.2, 0.25) is 0 Å². The van der Waals surface area contributed by atoms with Crippen molar-refractivity contribution in [2.45, 2.75) is 32.2 Å². The van der Waals surface area contributed by atoms with E-state index in [1.54, 1.807) is 25.3 Å². The zero-order chi connectivity index (χ0) is 22.0. The fraction of sp³-hybridized carbons (Fsp3) is 0.240. The predicted molar refractivity (Wildman–Crippen MR) is 121 cm³/mol. The first-order valence-corrected chi connectivity index (χ1v) is 10.2. The van der Waals surface area contributed by atoms with Crippen molar-refractivity contribution in [3.05, 3.63) is 89.2 Å². The van der Waals surface area contributed by atoms with Gasteiger partial charge in [-0.2, -0.15) is 0 Å². The molecule has 0 spiro atoms. The topological polar surface area (TPSA) is 27.1 Å². The second-order valence-corrected chi connectivity index (χ2v) is 7.76. The van der Waals surface area contributed by atoms with Gasteiger partial charge in [0.15, 0.2) is 0 Å². The zero-order valence-electron chi connectivity index (χ0n) is 17.6. The summed E-state index contributed by atoms with van der Waals surface area (Å²) in [5.41, 5.74) is 4.04. The standard InChI is InChI=1S/C25H23BF2N2O/c1-25(27,28)21-6-4-3-5-18(21)16-30-23-13-10-19(26)15-22(23)29-24(30)14-9-17-7-11-20(31-2)12-8-17/h3-8,10-13,15H,9,14,16H2,1-2H3. The minimum absolute atomic E-state index is 0.0356. The smallest absolute Gasteiger partial charge is 0.270 e. The van der Waals surface area contributed by atoms with E-state index >= 15 is 0 Å². The molecule has 0 aliphatic heterocycles. The molecule has 4 aromatic rings. The van der Waals surface area contributed by atoms with Crippen LogP contribution in [0.4, 0.5) is 8.78 Å². The molecular formula is C25H23BF2N2O. The molecule has 1 aromatic heterocycles. The Bertz CT molecular complexity index is 1200. The van der Waals surface area contributed by atoms with E-state index in [1.165, 1.54) is 6.07 Å². The summed E-state index contributed by atoms with van der Waals surface area (Å²) in [6.07, 6.45) is 1.44. The lowest BCUT2D eigenvalue weighted by Crippen LogP contribution is -2.14. The second-order valence-electron chi connectivity index (χ2n) is 7.76. The molecule has 1 heterocycles. The summed E-state index contributed by atoms with van der Waals surface area (Å²) in [6, 6.07) is 20.1. The number of rotatable bonds is 7. The summed E-state index contributed by atoms with van der Waals surface area (Å²) in [7, 11) is 7.59. The van der Waals surface area contributed by atoms with Gasteiger partial charge in [-0.05, 0) is 41.8 Å². The normalized spacial score (nSPS) is 11.7. The molecule has 3 aromatic carbocycles. The van der Waals surface area contributed by atoms with Crippen LogP contribution in [-0.4, -0.2) is 24.5 Å². The van der Waals surface area contributed by atoms with E-state index in [0.29, 0.717) is 24.0 Å². The molecule has 156 valence electrons. The number of imidazole rings is 1. The van der Waals surface area contributed by atoms with Crippen LogP contribution in [0.15, 0.2) is 66.7 Å². The lowest BCUT2D eigenvalue weighted by atomic mass is 9.96. The minimum Gasteiger partial charge on any atom is -0.497 e. The summed E-state index contributed by atoms with van der Waals surface area (Å²) < 4.78 is 35.6. The van der Waals surface area contributed by atoms with E-state index in [0.717, 1.165) is 41.5 Å². The van der Waals surface area contributed by atoms with Gasteiger partial charge in [-0.1, -0.05) is 47.9 Å². The van der Waals surface area contributed by atoms with E-state index in [-0.39, 0.29) is 5.56 Å².